The number of rotatable bonds is 5. The number of hydrogen-bond donors (Lipinski definition) is 2. The maximum Gasteiger partial charge on any atom is 0.0924 e. The number of aromatic amines is 1. The van der Waals surface area contributed by atoms with Crippen molar-refractivity contribution in [1.29, 1.82) is 0 Å². The quantitative estimate of drug-likeness (QED) is 0.612. The van der Waals surface area contributed by atoms with Gasteiger partial charge in [-0.15, -0.1) is 0 Å². The molecule has 5 rings (SSSR count). The van der Waals surface area contributed by atoms with Gasteiger partial charge < -0.3 is 10.3 Å². The van der Waals surface area contributed by atoms with Crippen LogP contribution in [-0.2, 0) is 6.54 Å². The smallest absolute Gasteiger partial charge is 0.0924 e. The maximum atomic E-state index is 4.12. The van der Waals surface area contributed by atoms with Crippen LogP contribution in [-0.4, -0.2) is 16.0 Å². The SMILES string of the molecule is C1=CC2=C(CC1)CC(NCc1ccc(-c3cccc(-c4cnc[nH]4)c3)cc1)C2. The van der Waals surface area contributed by atoms with Crippen LogP contribution in [0.4, 0.5) is 0 Å². The summed E-state index contributed by atoms with van der Waals surface area (Å²) >= 11 is 0. The molecule has 1 atom stereocenters. The Morgan fingerprint density at radius 1 is 1.00 bits per heavy atom. The molecule has 28 heavy (non-hydrogen) atoms. The van der Waals surface area contributed by atoms with Gasteiger partial charge in [-0.3, -0.25) is 0 Å². The molecule has 0 radical (unpaired) electrons. The third-order valence-electron chi connectivity index (χ3n) is 5.90. The molecule has 0 amide bonds. The third-order valence-corrected chi connectivity index (χ3v) is 5.90. The van der Waals surface area contributed by atoms with Gasteiger partial charge in [-0.05, 0) is 54.0 Å². The van der Waals surface area contributed by atoms with E-state index in [4.69, 9.17) is 0 Å². The van der Waals surface area contributed by atoms with Gasteiger partial charge in [-0.2, -0.15) is 0 Å². The summed E-state index contributed by atoms with van der Waals surface area (Å²) in [5, 5.41) is 3.75. The molecule has 0 saturated heterocycles. The van der Waals surface area contributed by atoms with Gasteiger partial charge in [0, 0.05) is 18.2 Å². The molecule has 0 aliphatic heterocycles. The molecule has 0 spiro atoms. The Labute approximate surface area is 166 Å². The van der Waals surface area contributed by atoms with Crippen molar-refractivity contribution in [3.63, 3.8) is 0 Å². The van der Waals surface area contributed by atoms with E-state index in [0.29, 0.717) is 6.04 Å². The van der Waals surface area contributed by atoms with Crippen molar-refractivity contribution >= 4 is 0 Å². The molecule has 3 nitrogen and oxygen atoms in total. The van der Waals surface area contributed by atoms with Crippen LogP contribution in [0, 0.1) is 0 Å². The molecule has 0 saturated carbocycles. The molecule has 0 bridgehead atoms. The van der Waals surface area contributed by atoms with Crippen LogP contribution < -0.4 is 5.32 Å². The molecule has 2 aliphatic carbocycles. The van der Waals surface area contributed by atoms with Crippen molar-refractivity contribution in [3.05, 3.63) is 89.9 Å². The van der Waals surface area contributed by atoms with E-state index in [0.717, 1.165) is 17.8 Å². The molecular weight excluding hydrogens is 342 g/mol. The fourth-order valence-electron chi connectivity index (χ4n) is 4.34. The summed E-state index contributed by atoms with van der Waals surface area (Å²) in [5.41, 5.74) is 9.27. The average Bonchev–Trinajstić information content (AvgIpc) is 3.42. The Balaban J connectivity index is 1.23. The van der Waals surface area contributed by atoms with Crippen molar-refractivity contribution in [3.8, 4) is 22.4 Å². The second-order valence-electron chi connectivity index (χ2n) is 7.80. The number of nitrogens with zero attached hydrogens (tertiary/aromatic N) is 1. The molecule has 2 aliphatic rings. The Kier molecular flexibility index (Phi) is 4.67. The van der Waals surface area contributed by atoms with Gasteiger partial charge >= 0.3 is 0 Å². The lowest BCUT2D eigenvalue weighted by atomic mass is 10.0. The largest absolute Gasteiger partial charge is 0.345 e. The number of allylic oxidation sites excluding steroid dienone is 2. The van der Waals surface area contributed by atoms with E-state index >= 15 is 0 Å². The van der Waals surface area contributed by atoms with E-state index in [2.05, 4.69) is 76.0 Å². The summed E-state index contributed by atoms with van der Waals surface area (Å²) in [4.78, 5) is 7.30. The van der Waals surface area contributed by atoms with Crippen LogP contribution in [0.2, 0.25) is 0 Å². The van der Waals surface area contributed by atoms with Crippen LogP contribution in [0.1, 0.15) is 31.2 Å². The van der Waals surface area contributed by atoms with Crippen LogP contribution >= 0.6 is 0 Å². The highest BCUT2D eigenvalue weighted by Crippen LogP contribution is 2.33. The van der Waals surface area contributed by atoms with Crippen LogP contribution in [0.3, 0.4) is 0 Å². The Morgan fingerprint density at radius 2 is 1.89 bits per heavy atom. The van der Waals surface area contributed by atoms with Crippen LogP contribution in [0.5, 0.6) is 0 Å². The van der Waals surface area contributed by atoms with Crippen molar-refractivity contribution in [2.45, 2.75) is 38.3 Å². The van der Waals surface area contributed by atoms with Crippen molar-refractivity contribution in [1.82, 2.24) is 15.3 Å². The van der Waals surface area contributed by atoms with Gasteiger partial charge in [0.25, 0.3) is 0 Å². The average molecular weight is 367 g/mol. The van der Waals surface area contributed by atoms with Gasteiger partial charge in [0.05, 0.1) is 18.2 Å². The first kappa shape index (κ1) is 17.2. The van der Waals surface area contributed by atoms with Crippen molar-refractivity contribution < 1.29 is 0 Å². The zero-order chi connectivity index (χ0) is 18.8. The minimum Gasteiger partial charge on any atom is -0.345 e. The summed E-state index contributed by atoms with van der Waals surface area (Å²) in [6.45, 7) is 0.934. The molecule has 140 valence electrons. The Bertz CT molecular complexity index is 1010. The number of hydrogen-bond acceptors (Lipinski definition) is 2. The van der Waals surface area contributed by atoms with E-state index in [9.17, 15) is 0 Å². The number of imidazole rings is 1. The van der Waals surface area contributed by atoms with E-state index < -0.39 is 0 Å². The summed E-state index contributed by atoms with van der Waals surface area (Å²) in [5.74, 6) is 0. The zero-order valence-corrected chi connectivity index (χ0v) is 16.0. The molecule has 2 N–H and O–H groups in total. The maximum absolute atomic E-state index is 4.12. The molecule has 3 heteroatoms. The van der Waals surface area contributed by atoms with Crippen molar-refractivity contribution in [2.24, 2.45) is 0 Å². The normalized spacial score (nSPS) is 18.5. The lowest BCUT2D eigenvalue weighted by Gasteiger charge is -2.13. The fraction of sp³-hybridized carbons (Fsp3) is 0.240. The second-order valence-corrected chi connectivity index (χ2v) is 7.80. The van der Waals surface area contributed by atoms with E-state index in [1.54, 1.807) is 17.5 Å². The Morgan fingerprint density at radius 3 is 2.71 bits per heavy atom. The van der Waals surface area contributed by atoms with Crippen molar-refractivity contribution in [2.75, 3.05) is 0 Å². The molecule has 1 heterocycles. The predicted octanol–water partition coefficient (Wildman–Crippen LogP) is 5.64. The van der Waals surface area contributed by atoms with Gasteiger partial charge in [0.15, 0.2) is 0 Å². The molecular formula is C25H25N3. The highest BCUT2D eigenvalue weighted by molar-refractivity contribution is 5.71. The van der Waals surface area contributed by atoms with E-state index in [1.165, 1.54) is 42.4 Å². The Hall–Kier alpha value is -2.91. The summed E-state index contributed by atoms with van der Waals surface area (Å²) in [7, 11) is 0. The summed E-state index contributed by atoms with van der Waals surface area (Å²) in [6.07, 6.45) is 13.1. The van der Waals surface area contributed by atoms with Gasteiger partial charge in [0.2, 0.25) is 0 Å². The number of benzene rings is 2. The van der Waals surface area contributed by atoms with Crippen LogP contribution in [0.25, 0.3) is 22.4 Å². The number of aromatic nitrogens is 2. The van der Waals surface area contributed by atoms with Gasteiger partial charge in [-0.1, -0.05) is 60.2 Å². The first-order valence-electron chi connectivity index (χ1n) is 10.1. The highest BCUT2D eigenvalue weighted by Gasteiger charge is 2.23. The first-order chi connectivity index (χ1) is 13.8. The number of nitrogens with one attached hydrogen (secondary N) is 2. The van der Waals surface area contributed by atoms with E-state index in [1.807, 2.05) is 6.20 Å². The lowest BCUT2D eigenvalue weighted by Crippen LogP contribution is -2.26. The molecule has 1 aromatic heterocycles. The monoisotopic (exact) mass is 367 g/mol. The standard InChI is InChI=1S/C25H25N3/c1-2-5-22-14-24(13-21(22)4-1)27-15-18-8-10-19(11-9-18)20-6-3-7-23(12-20)25-16-26-17-28-25/h1,3-4,6-12,16-17,24,27H,2,5,13-15H2,(H,26,28). The molecule has 3 aromatic rings. The molecule has 1 unspecified atom stereocenters. The highest BCUT2D eigenvalue weighted by atomic mass is 14.9. The first-order valence-corrected chi connectivity index (χ1v) is 10.1. The van der Waals surface area contributed by atoms with Gasteiger partial charge in [0.1, 0.15) is 0 Å². The minimum atomic E-state index is 0.596. The summed E-state index contributed by atoms with van der Waals surface area (Å²) < 4.78 is 0. The van der Waals surface area contributed by atoms with E-state index in [-0.39, 0.29) is 0 Å². The molecule has 0 fully saturated rings. The fourth-order valence-corrected chi connectivity index (χ4v) is 4.34. The second kappa shape index (κ2) is 7.61. The van der Waals surface area contributed by atoms with Crippen LogP contribution in [0.15, 0.2) is 84.4 Å². The lowest BCUT2D eigenvalue weighted by molar-refractivity contribution is 0.528. The zero-order valence-electron chi connectivity index (χ0n) is 16.0. The predicted molar refractivity (Wildman–Crippen MR) is 115 cm³/mol. The van der Waals surface area contributed by atoms with Gasteiger partial charge in [-0.25, -0.2) is 4.98 Å². The third kappa shape index (κ3) is 3.58. The minimum absolute atomic E-state index is 0.596. The molecule has 2 aromatic carbocycles. The topological polar surface area (TPSA) is 40.7 Å². The number of H-pyrrole nitrogens is 1. The summed E-state index contributed by atoms with van der Waals surface area (Å²) in [6, 6.07) is 18.1.